The van der Waals surface area contributed by atoms with E-state index in [0.717, 1.165) is 25.3 Å². The largest absolute Gasteiger partial charge is 0.416 e. The van der Waals surface area contributed by atoms with Gasteiger partial charge in [-0.15, -0.1) is 0 Å². The Morgan fingerprint density at radius 2 is 2.00 bits per heavy atom. The number of alkyl halides is 3. The van der Waals surface area contributed by atoms with Crippen LogP contribution in [-0.4, -0.2) is 18.3 Å². The van der Waals surface area contributed by atoms with E-state index in [-0.39, 0.29) is 12.1 Å². The van der Waals surface area contributed by atoms with E-state index < -0.39 is 11.7 Å². The summed E-state index contributed by atoms with van der Waals surface area (Å²) >= 11 is 0. The Hall–Kier alpha value is -1.07. The van der Waals surface area contributed by atoms with Gasteiger partial charge in [-0.25, -0.2) is 0 Å². The van der Waals surface area contributed by atoms with Gasteiger partial charge in [0.05, 0.1) is 12.2 Å². The minimum atomic E-state index is -4.31. The fourth-order valence-corrected chi connectivity index (χ4v) is 2.39. The third kappa shape index (κ3) is 2.52. The minimum absolute atomic E-state index is 0.0132. The maximum absolute atomic E-state index is 12.7. The van der Waals surface area contributed by atoms with Crippen molar-refractivity contribution in [3.63, 3.8) is 0 Å². The van der Waals surface area contributed by atoms with E-state index >= 15 is 0 Å². The molecule has 100 valence electrons. The second kappa shape index (κ2) is 4.90. The number of hydrogen-bond donors (Lipinski definition) is 2. The van der Waals surface area contributed by atoms with Crippen LogP contribution in [0.3, 0.4) is 0 Å². The standard InChI is InChI=1S/C13H16F3NO/c14-13(15,16)11-4-1-3-10(9-11)12(5-2-6-12)17-7-8-18/h1,3-4,9,17-18H,2,5-8H2. The molecule has 1 fully saturated rings. The summed E-state index contributed by atoms with van der Waals surface area (Å²) in [5, 5.41) is 12.0. The van der Waals surface area contributed by atoms with Gasteiger partial charge in [-0.05, 0) is 37.0 Å². The van der Waals surface area contributed by atoms with Crippen molar-refractivity contribution in [1.82, 2.24) is 5.32 Å². The van der Waals surface area contributed by atoms with Crippen LogP contribution in [0.2, 0.25) is 0 Å². The molecule has 0 spiro atoms. The van der Waals surface area contributed by atoms with E-state index in [4.69, 9.17) is 5.11 Å². The number of halogens is 3. The van der Waals surface area contributed by atoms with E-state index in [1.807, 2.05) is 0 Å². The van der Waals surface area contributed by atoms with Crippen LogP contribution >= 0.6 is 0 Å². The lowest BCUT2D eigenvalue weighted by atomic mass is 9.71. The van der Waals surface area contributed by atoms with E-state index in [0.29, 0.717) is 12.1 Å². The van der Waals surface area contributed by atoms with Crippen molar-refractivity contribution in [3.8, 4) is 0 Å². The van der Waals surface area contributed by atoms with Crippen LogP contribution < -0.4 is 5.32 Å². The number of benzene rings is 1. The maximum Gasteiger partial charge on any atom is 0.416 e. The van der Waals surface area contributed by atoms with Crippen molar-refractivity contribution in [2.45, 2.75) is 31.0 Å². The molecule has 0 aliphatic heterocycles. The first-order valence-corrected chi connectivity index (χ1v) is 6.02. The average molecular weight is 259 g/mol. The molecule has 2 nitrogen and oxygen atoms in total. The van der Waals surface area contributed by atoms with Crippen molar-refractivity contribution >= 4 is 0 Å². The molecule has 0 unspecified atom stereocenters. The highest BCUT2D eigenvalue weighted by atomic mass is 19.4. The number of nitrogens with one attached hydrogen (secondary N) is 1. The van der Waals surface area contributed by atoms with Crippen molar-refractivity contribution in [3.05, 3.63) is 35.4 Å². The van der Waals surface area contributed by atoms with E-state index in [2.05, 4.69) is 5.32 Å². The van der Waals surface area contributed by atoms with Crippen LogP contribution in [0, 0.1) is 0 Å². The van der Waals surface area contributed by atoms with E-state index in [1.54, 1.807) is 6.07 Å². The summed E-state index contributed by atoms with van der Waals surface area (Å²) in [5.74, 6) is 0. The summed E-state index contributed by atoms with van der Waals surface area (Å²) < 4.78 is 38.0. The second-order valence-electron chi connectivity index (χ2n) is 4.66. The van der Waals surface area contributed by atoms with Crippen LogP contribution in [0.15, 0.2) is 24.3 Å². The smallest absolute Gasteiger partial charge is 0.395 e. The van der Waals surface area contributed by atoms with Crippen LogP contribution in [0.1, 0.15) is 30.4 Å². The Balaban J connectivity index is 2.26. The highest BCUT2D eigenvalue weighted by molar-refractivity contribution is 5.33. The molecule has 1 aliphatic carbocycles. The Morgan fingerprint density at radius 1 is 1.28 bits per heavy atom. The van der Waals surface area contributed by atoms with Gasteiger partial charge in [0.15, 0.2) is 0 Å². The quantitative estimate of drug-likeness (QED) is 0.871. The topological polar surface area (TPSA) is 32.3 Å². The normalized spacial score (nSPS) is 18.4. The molecule has 1 aromatic carbocycles. The molecule has 0 amide bonds. The van der Waals surface area contributed by atoms with Crippen molar-refractivity contribution in [2.24, 2.45) is 0 Å². The van der Waals surface area contributed by atoms with Crippen LogP contribution in [0.25, 0.3) is 0 Å². The van der Waals surface area contributed by atoms with E-state index in [9.17, 15) is 13.2 Å². The van der Waals surface area contributed by atoms with Crippen molar-refractivity contribution in [1.29, 1.82) is 0 Å². The number of rotatable bonds is 4. The van der Waals surface area contributed by atoms with Crippen molar-refractivity contribution in [2.75, 3.05) is 13.2 Å². The second-order valence-corrected chi connectivity index (χ2v) is 4.66. The molecule has 0 saturated heterocycles. The maximum atomic E-state index is 12.7. The van der Waals surface area contributed by atoms with Gasteiger partial charge >= 0.3 is 6.18 Å². The molecule has 5 heteroatoms. The lowest BCUT2D eigenvalue weighted by molar-refractivity contribution is -0.137. The molecule has 2 N–H and O–H groups in total. The Kier molecular flexibility index (Phi) is 3.64. The summed E-state index contributed by atoms with van der Waals surface area (Å²) in [5.41, 5.74) is -0.335. The Morgan fingerprint density at radius 3 is 2.50 bits per heavy atom. The summed E-state index contributed by atoms with van der Waals surface area (Å²) in [6, 6.07) is 5.46. The number of aliphatic hydroxyl groups excluding tert-OH is 1. The molecule has 1 aliphatic rings. The lowest BCUT2D eigenvalue weighted by Gasteiger charge is -2.43. The highest BCUT2D eigenvalue weighted by Gasteiger charge is 2.39. The summed E-state index contributed by atoms with van der Waals surface area (Å²) in [7, 11) is 0. The molecule has 0 atom stereocenters. The van der Waals surface area contributed by atoms with Gasteiger partial charge in [0.1, 0.15) is 0 Å². The number of hydrogen-bond acceptors (Lipinski definition) is 2. The van der Waals surface area contributed by atoms with Crippen LogP contribution in [0.4, 0.5) is 13.2 Å². The molecule has 1 saturated carbocycles. The van der Waals surface area contributed by atoms with Gasteiger partial charge < -0.3 is 10.4 Å². The third-order valence-electron chi connectivity index (χ3n) is 3.52. The van der Waals surface area contributed by atoms with Gasteiger partial charge in [0, 0.05) is 12.1 Å². The first-order valence-electron chi connectivity index (χ1n) is 6.02. The molecule has 0 heterocycles. The van der Waals surface area contributed by atoms with E-state index in [1.165, 1.54) is 12.1 Å². The van der Waals surface area contributed by atoms with Gasteiger partial charge in [0.2, 0.25) is 0 Å². The average Bonchev–Trinajstić information content (AvgIpc) is 2.27. The van der Waals surface area contributed by atoms with Crippen molar-refractivity contribution < 1.29 is 18.3 Å². The monoisotopic (exact) mass is 259 g/mol. The van der Waals surface area contributed by atoms with Crippen LogP contribution in [0.5, 0.6) is 0 Å². The zero-order valence-electron chi connectivity index (χ0n) is 9.93. The Bertz CT molecular complexity index is 413. The Labute approximate surface area is 104 Å². The molecular weight excluding hydrogens is 243 g/mol. The first kappa shape index (κ1) is 13.4. The SMILES string of the molecule is OCCNC1(c2cccc(C(F)(F)F)c2)CCC1. The fraction of sp³-hybridized carbons (Fsp3) is 0.538. The third-order valence-corrected chi connectivity index (χ3v) is 3.52. The van der Waals surface area contributed by atoms with Gasteiger partial charge in [-0.2, -0.15) is 13.2 Å². The molecule has 0 bridgehead atoms. The highest BCUT2D eigenvalue weighted by Crippen LogP contribution is 2.42. The zero-order valence-corrected chi connectivity index (χ0v) is 9.93. The zero-order chi connectivity index (χ0) is 13.2. The molecule has 2 rings (SSSR count). The molecule has 0 aromatic heterocycles. The molecule has 1 aromatic rings. The lowest BCUT2D eigenvalue weighted by Crippen LogP contribution is -2.49. The molecule has 0 radical (unpaired) electrons. The predicted octanol–water partition coefficient (Wildman–Crippen LogP) is 2.67. The minimum Gasteiger partial charge on any atom is -0.395 e. The van der Waals surface area contributed by atoms with Gasteiger partial charge in [-0.3, -0.25) is 0 Å². The molecule has 18 heavy (non-hydrogen) atoms. The van der Waals surface area contributed by atoms with Gasteiger partial charge in [-0.1, -0.05) is 12.1 Å². The summed E-state index contributed by atoms with van der Waals surface area (Å²) in [6.45, 7) is 0.386. The number of aliphatic hydroxyl groups is 1. The summed E-state index contributed by atoms with van der Waals surface area (Å²) in [6.07, 6.45) is -1.69. The summed E-state index contributed by atoms with van der Waals surface area (Å²) in [4.78, 5) is 0. The fourth-order valence-electron chi connectivity index (χ4n) is 2.39. The molecular formula is C13H16F3NO. The van der Waals surface area contributed by atoms with Crippen LogP contribution in [-0.2, 0) is 11.7 Å². The first-order chi connectivity index (χ1) is 8.48. The van der Waals surface area contributed by atoms with Gasteiger partial charge in [0.25, 0.3) is 0 Å². The predicted molar refractivity (Wildman–Crippen MR) is 62.1 cm³/mol.